The molecule has 0 saturated carbocycles. The first-order valence-corrected chi connectivity index (χ1v) is 9.29. The van der Waals surface area contributed by atoms with Gasteiger partial charge in [0.15, 0.2) is 0 Å². The third-order valence-electron chi connectivity index (χ3n) is 4.40. The highest BCUT2D eigenvalue weighted by Crippen LogP contribution is 2.27. The maximum Gasteiger partial charge on any atom is 0.243 e. The molecule has 0 aliphatic carbocycles. The molecule has 0 radical (unpaired) electrons. The van der Waals surface area contributed by atoms with Crippen LogP contribution in [-0.4, -0.2) is 37.6 Å². The van der Waals surface area contributed by atoms with Crippen LogP contribution in [0.25, 0.3) is 0 Å². The summed E-state index contributed by atoms with van der Waals surface area (Å²) in [5.41, 5.74) is 0.438. The number of hydrogen-bond donors (Lipinski definition) is 0. The van der Waals surface area contributed by atoms with Crippen LogP contribution in [0.15, 0.2) is 29.2 Å². The topological polar surface area (TPSA) is 74.8 Å². The molecule has 0 spiro atoms. The summed E-state index contributed by atoms with van der Waals surface area (Å²) in [5.74, 6) is -0.0944. The quantitative estimate of drug-likeness (QED) is 0.788. The van der Waals surface area contributed by atoms with Gasteiger partial charge in [0.1, 0.15) is 0 Å². The first kappa shape index (κ1) is 16.1. The zero-order valence-corrected chi connectivity index (χ0v) is 13.9. The summed E-state index contributed by atoms with van der Waals surface area (Å²) in [6, 6.07) is 6.02. The monoisotopic (exact) mass is 336 g/mol. The minimum Gasteiger partial charge on any atom is -0.274 e. The van der Waals surface area contributed by atoms with Crippen molar-refractivity contribution in [3.8, 4) is 0 Å². The van der Waals surface area contributed by atoms with E-state index in [0.717, 1.165) is 11.3 Å². The van der Waals surface area contributed by atoms with Gasteiger partial charge in [0.2, 0.25) is 21.8 Å². The van der Waals surface area contributed by atoms with Crippen molar-refractivity contribution in [2.45, 2.75) is 37.5 Å². The van der Waals surface area contributed by atoms with Crippen LogP contribution in [0.1, 0.15) is 32.6 Å². The Labute approximate surface area is 136 Å². The fraction of sp³-hybridized carbons (Fsp3) is 0.500. The number of carbonyl (C=O) groups excluding carboxylic acids is 2. The maximum absolute atomic E-state index is 12.6. The molecule has 7 heteroatoms. The van der Waals surface area contributed by atoms with E-state index in [4.69, 9.17) is 0 Å². The van der Waals surface area contributed by atoms with E-state index in [1.54, 1.807) is 0 Å². The fourth-order valence-corrected chi connectivity index (χ4v) is 4.65. The van der Waals surface area contributed by atoms with Gasteiger partial charge in [-0.1, -0.05) is 6.92 Å². The van der Waals surface area contributed by atoms with Crippen LogP contribution in [0.5, 0.6) is 0 Å². The van der Waals surface area contributed by atoms with Crippen LogP contribution in [0.3, 0.4) is 0 Å². The number of amides is 2. The molecule has 2 heterocycles. The second-order valence-corrected chi connectivity index (χ2v) is 8.17. The van der Waals surface area contributed by atoms with Crippen molar-refractivity contribution in [3.05, 3.63) is 24.3 Å². The molecule has 1 unspecified atom stereocenters. The molecule has 3 rings (SSSR count). The Hall–Kier alpha value is -1.73. The Kier molecular flexibility index (Phi) is 4.25. The van der Waals surface area contributed by atoms with Crippen LogP contribution < -0.4 is 4.90 Å². The van der Waals surface area contributed by atoms with Crippen molar-refractivity contribution in [1.82, 2.24) is 4.31 Å². The Balaban J connectivity index is 1.84. The van der Waals surface area contributed by atoms with Gasteiger partial charge in [0, 0.05) is 25.9 Å². The lowest BCUT2D eigenvalue weighted by atomic mass is 10.1. The standard InChI is InChI=1S/C16H20N2O4S/c1-12-9-10-17(11-12)23(21,22)14-7-5-13(6-8-14)18-15(19)3-2-4-16(18)20/h5-8,12H,2-4,9-11H2,1H3. The molecule has 2 aliphatic heterocycles. The molecule has 2 saturated heterocycles. The van der Waals surface area contributed by atoms with Gasteiger partial charge in [-0.3, -0.25) is 14.5 Å². The van der Waals surface area contributed by atoms with Gasteiger partial charge >= 0.3 is 0 Å². The normalized spacial score (nSPS) is 23.5. The van der Waals surface area contributed by atoms with Crippen molar-refractivity contribution in [2.24, 2.45) is 5.92 Å². The molecule has 2 amide bonds. The van der Waals surface area contributed by atoms with Crippen LogP contribution in [0.2, 0.25) is 0 Å². The predicted octanol–water partition coefficient (Wildman–Crippen LogP) is 1.76. The summed E-state index contributed by atoms with van der Waals surface area (Å²) < 4.78 is 26.6. The minimum absolute atomic E-state index is 0.201. The first-order chi connectivity index (χ1) is 10.9. The number of carbonyl (C=O) groups is 2. The first-order valence-electron chi connectivity index (χ1n) is 7.85. The zero-order chi connectivity index (χ0) is 16.6. The number of hydrogen-bond acceptors (Lipinski definition) is 4. The fourth-order valence-electron chi connectivity index (χ4n) is 3.07. The van der Waals surface area contributed by atoms with Crippen LogP contribution in [0, 0.1) is 5.92 Å². The van der Waals surface area contributed by atoms with Gasteiger partial charge < -0.3 is 0 Å². The zero-order valence-electron chi connectivity index (χ0n) is 13.1. The summed E-state index contributed by atoms with van der Waals surface area (Å²) in [7, 11) is -3.50. The van der Waals surface area contributed by atoms with Gasteiger partial charge in [0.05, 0.1) is 10.6 Å². The smallest absolute Gasteiger partial charge is 0.243 e. The Bertz CT molecular complexity index is 711. The van der Waals surface area contributed by atoms with Gasteiger partial charge in [-0.25, -0.2) is 8.42 Å². The van der Waals surface area contributed by atoms with Crippen molar-refractivity contribution < 1.29 is 18.0 Å². The molecular weight excluding hydrogens is 316 g/mol. The van der Waals surface area contributed by atoms with Crippen molar-refractivity contribution in [1.29, 1.82) is 0 Å². The van der Waals surface area contributed by atoms with Crippen LogP contribution >= 0.6 is 0 Å². The summed E-state index contributed by atoms with van der Waals surface area (Å²) in [6.07, 6.45) is 2.14. The van der Waals surface area contributed by atoms with E-state index < -0.39 is 10.0 Å². The van der Waals surface area contributed by atoms with Gasteiger partial charge in [-0.15, -0.1) is 0 Å². The van der Waals surface area contributed by atoms with Gasteiger partial charge in [-0.05, 0) is 43.0 Å². The molecule has 1 atom stereocenters. The lowest BCUT2D eigenvalue weighted by molar-refractivity contribution is -0.129. The highest BCUT2D eigenvalue weighted by molar-refractivity contribution is 7.89. The minimum atomic E-state index is -3.50. The average Bonchev–Trinajstić information content (AvgIpc) is 2.95. The molecule has 23 heavy (non-hydrogen) atoms. The molecular formula is C16H20N2O4S. The molecule has 2 aliphatic rings. The number of imide groups is 1. The molecule has 0 aromatic heterocycles. The Morgan fingerprint density at radius 1 is 1.04 bits per heavy atom. The molecule has 6 nitrogen and oxygen atoms in total. The summed E-state index contributed by atoms with van der Waals surface area (Å²) in [4.78, 5) is 25.2. The van der Waals surface area contributed by atoms with Crippen molar-refractivity contribution in [3.63, 3.8) is 0 Å². The molecule has 0 N–H and O–H groups in total. The second kappa shape index (κ2) is 6.05. The number of anilines is 1. The highest BCUT2D eigenvalue weighted by atomic mass is 32.2. The number of rotatable bonds is 3. The Morgan fingerprint density at radius 3 is 2.17 bits per heavy atom. The van der Waals surface area contributed by atoms with E-state index in [1.165, 1.54) is 28.6 Å². The third-order valence-corrected chi connectivity index (χ3v) is 6.28. The van der Waals surface area contributed by atoms with E-state index in [2.05, 4.69) is 0 Å². The number of sulfonamides is 1. The Morgan fingerprint density at radius 2 is 1.65 bits per heavy atom. The summed E-state index contributed by atoms with van der Waals surface area (Å²) in [5, 5.41) is 0. The summed E-state index contributed by atoms with van der Waals surface area (Å²) in [6.45, 7) is 3.10. The molecule has 124 valence electrons. The van der Waals surface area contributed by atoms with Crippen molar-refractivity contribution in [2.75, 3.05) is 18.0 Å². The van der Waals surface area contributed by atoms with Crippen LogP contribution in [0.4, 0.5) is 5.69 Å². The highest BCUT2D eigenvalue weighted by Gasteiger charge is 2.31. The van der Waals surface area contributed by atoms with Gasteiger partial charge in [0.25, 0.3) is 0 Å². The molecule has 0 bridgehead atoms. The van der Waals surface area contributed by atoms with E-state index in [1.807, 2.05) is 6.92 Å². The van der Waals surface area contributed by atoms with E-state index in [9.17, 15) is 18.0 Å². The number of benzene rings is 1. The molecule has 1 aromatic carbocycles. The van der Waals surface area contributed by atoms with E-state index >= 15 is 0 Å². The third kappa shape index (κ3) is 3.03. The van der Waals surface area contributed by atoms with Crippen molar-refractivity contribution >= 4 is 27.5 Å². The molecule has 2 fully saturated rings. The average molecular weight is 336 g/mol. The SMILES string of the molecule is CC1CCN(S(=O)(=O)c2ccc(N3C(=O)CCCC3=O)cc2)C1. The van der Waals surface area contributed by atoms with Gasteiger partial charge in [-0.2, -0.15) is 4.31 Å². The lowest BCUT2D eigenvalue weighted by Gasteiger charge is -2.25. The predicted molar refractivity (Wildman–Crippen MR) is 85.3 cm³/mol. The lowest BCUT2D eigenvalue weighted by Crippen LogP contribution is -2.40. The maximum atomic E-state index is 12.6. The van der Waals surface area contributed by atoms with Crippen LogP contribution in [-0.2, 0) is 19.6 Å². The second-order valence-electron chi connectivity index (χ2n) is 6.23. The summed E-state index contributed by atoms with van der Waals surface area (Å²) >= 11 is 0. The number of nitrogens with zero attached hydrogens (tertiary/aromatic N) is 2. The van der Waals surface area contributed by atoms with E-state index in [-0.39, 0.29) is 16.7 Å². The molecule has 1 aromatic rings. The largest absolute Gasteiger partial charge is 0.274 e. The van der Waals surface area contributed by atoms with E-state index in [0.29, 0.717) is 44.0 Å². The number of piperidine rings is 1.